The molecule has 100 valence electrons. The number of ketones is 1. The minimum Gasteiger partial charge on any atom is -0.444 e. The second-order valence-corrected chi connectivity index (χ2v) is 6.15. The highest BCUT2D eigenvalue weighted by molar-refractivity contribution is 6.68. The molecule has 18 heavy (non-hydrogen) atoms. The minimum absolute atomic E-state index is 0.192. The van der Waals surface area contributed by atoms with Crippen LogP contribution in [-0.4, -0.2) is 39.2 Å². The van der Waals surface area contributed by atoms with Gasteiger partial charge in [0.2, 0.25) is 0 Å². The Morgan fingerprint density at radius 3 is 2.50 bits per heavy atom. The number of carbonyl (C=O) groups is 3. The molecule has 0 aromatic carbocycles. The van der Waals surface area contributed by atoms with Crippen LogP contribution < -0.4 is 0 Å². The fraction of sp³-hybridized carbons (Fsp3) is 0.750. The van der Waals surface area contributed by atoms with Gasteiger partial charge in [-0.05, 0) is 45.2 Å². The number of Topliss-reactive ketones (excluding diaryl/α,β-unsaturated/α-hetero) is 1. The molecule has 2 aliphatic rings. The zero-order valence-electron chi connectivity index (χ0n) is 10.7. The monoisotopic (exact) mass is 273 g/mol. The van der Waals surface area contributed by atoms with Crippen molar-refractivity contribution in [3.63, 3.8) is 0 Å². The van der Waals surface area contributed by atoms with Gasteiger partial charge in [-0.1, -0.05) is 0 Å². The van der Waals surface area contributed by atoms with Crippen LogP contribution in [0.3, 0.4) is 0 Å². The summed E-state index contributed by atoms with van der Waals surface area (Å²) < 4.78 is 5.25. The van der Waals surface area contributed by atoms with Gasteiger partial charge in [0.1, 0.15) is 5.60 Å². The van der Waals surface area contributed by atoms with Crippen LogP contribution in [0.5, 0.6) is 0 Å². The van der Waals surface area contributed by atoms with Gasteiger partial charge in [-0.3, -0.25) is 14.5 Å². The third kappa shape index (κ3) is 1.81. The minimum atomic E-state index is -1.48. The summed E-state index contributed by atoms with van der Waals surface area (Å²) in [7, 11) is 0. The lowest BCUT2D eigenvalue weighted by Crippen LogP contribution is -2.54. The Kier molecular flexibility index (Phi) is 2.93. The molecule has 6 heteroatoms. The number of rotatable bonds is 1. The molecule has 0 N–H and O–H groups in total. The first kappa shape index (κ1) is 13.3. The van der Waals surface area contributed by atoms with Crippen LogP contribution in [0.15, 0.2) is 0 Å². The SMILES string of the molecule is CC(C)(C)OC(=O)N1[C@H]2CC[C@]1(C(=O)Cl)C(=O)C2. The van der Waals surface area contributed by atoms with Gasteiger partial charge in [0.25, 0.3) is 5.24 Å². The quantitative estimate of drug-likeness (QED) is 0.540. The van der Waals surface area contributed by atoms with Crippen molar-refractivity contribution in [3.8, 4) is 0 Å². The molecule has 2 saturated heterocycles. The molecule has 1 amide bonds. The molecule has 2 fully saturated rings. The molecule has 0 unspecified atom stereocenters. The second kappa shape index (κ2) is 3.95. The molecule has 0 aromatic heterocycles. The largest absolute Gasteiger partial charge is 0.444 e. The molecule has 0 aliphatic carbocycles. The number of ether oxygens (including phenoxy) is 1. The van der Waals surface area contributed by atoms with Crippen LogP contribution in [0.2, 0.25) is 0 Å². The van der Waals surface area contributed by atoms with Crippen molar-refractivity contribution in [2.75, 3.05) is 0 Å². The summed E-state index contributed by atoms with van der Waals surface area (Å²) in [4.78, 5) is 36.9. The van der Waals surface area contributed by atoms with Crippen molar-refractivity contribution < 1.29 is 19.1 Å². The maximum atomic E-state index is 12.1. The van der Waals surface area contributed by atoms with E-state index in [1.165, 1.54) is 4.90 Å². The van der Waals surface area contributed by atoms with Gasteiger partial charge < -0.3 is 4.74 Å². The van der Waals surface area contributed by atoms with Crippen LogP contribution in [0.25, 0.3) is 0 Å². The first-order chi connectivity index (χ1) is 8.18. The molecule has 0 spiro atoms. The number of hydrogen-bond acceptors (Lipinski definition) is 4. The van der Waals surface area contributed by atoms with Gasteiger partial charge in [0.15, 0.2) is 11.3 Å². The molecule has 2 heterocycles. The van der Waals surface area contributed by atoms with Crippen molar-refractivity contribution in [1.82, 2.24) is 4.90 Å². The summed E-state index contributed by atoms with van der Waals surface area (Å²) in [6, 6.07) is -0.255. The van der Waals surface area contributed by atoms with Crippen LogP contribution in [0.1, 0.15) is 40.0 Å². The first-order valence-corrected chi connectivity index (χ1v) is 6.32. The van der Waals surface area contributed by atoms with E-state index in [1.54, 1.807) is 20.8 Å². The first-order valence-electron chi connectivity index (χ1n) is 5.94. The number of fused-ring (bicyclic) bond motifs is 2. The maximum absolute atomic E-state index is 12.1. The summed E-state index contributed by atoms with van der Waals surface area (Å²) in [5, 5.41) is -0.779. The van der Waals surface area contributed by atoms with E-state index in [-0.39, 0.29) is 18.2 Å². The van der Waals surface area contributed by atoms with Gasteiger partial charge >= 0.3 is 6.09 Å². The maximum Gasteiger partial charge on any atom is 0.411 e. The normalized spacial score (nSPS) is 30.8. The number of carbonyl (C=O) groups excluding carboxylic acids is 3. The van der Waals surface area contributed by atoms with Crippen molar-refractivity contribution in [2.24, 2.45) is 0 Å². The molecule has 0 radical (unpaired) electrons. The van der Waals surface area contributed by atoms with Crippen molar-refractivity contribution >= 4 is 28.7 Å². The van der Waals surface area contributed by atoms with E-state index >= 15 is 0 Å². The van der Waals surface area contributed by atoms with Gasteiger partial charge in [-0.25, -0.2) is 4.79 Å². The highest BCUT2D eigenvalue weighted by atomic mass is 35.5. The molecule has 0 aromatic rings. The van der Waals surface area contributed by atoms with Crippen LogP contribution in [-0.2, 0) is 14.3 Å². The Bertz CT molecular complexity index is 428. The van der Waals surface area contributed by atoms with Gasteiger partial charge in [0, 0.05) is 12.5 Å². The second-order valence-electron chi connectivity index (χ2n) is 5.80. The van der Waals surface area contributed by atoms with E-state index in [0.717, 1.165) is 0 Å². The van der Waals surface area contributed by atoms with E-state index in [9.17, 15) is 14.4 Å². The van der Waals surface area contributed by atoms with Gasteiger partial charge in [0.05, 0.1) is 0 Å². The van der Waals surface area contributed by atoms with Crippen LogP contribution >= 0.6 is 11.6 Å². The van der Waals surface area contributed by atoms with Gasteiger partial charge in [-0.2, -0.15) is 0 Å². The molecule has 0 saturated carbocycles. The van der Waals surface area contributed by atoms with Crippen molar-refractivity contribution in [1.29, 1.82) is 0 Å². The van der Waals surface area contributed by atoms with Crippen molar-refractivity contribution in [3.05, 3.63) is 0 Å². The predicted octanol–water partition coefficient (Wildman–Crippen LogP) is 1.86. The predicted molar refractivity (Wildman–Crippen MR) is 64.3 cm³/mol. The lowest BCUT2D eigenvalue weighted by Gasteiger charge is -2.31. The van der Waals surface area contributed by atoms with E-state index in [0.29, 0.717) is 12.8 Å². The lowest BCUT2D eigenvalue weighted by molar-refractivity contribution is -0.133. The fourth-order valence-corrected chi connectivity index (χ4v) is 3.00. The smallest absolute Gasteiger partial charge is 0.411 e. The molecule has 2 rings (SSSR count). The highest BCUT2D eigenvalue weighted by Gasteiger charge is 2.64. The third-order valence-electron chi connectivity index (χ3n) is 3.41. The molecule has 5 nitrogen and oxygen atoms in total. The third-order valence-corrected chi connectivity index (χ3v) is 3.73. The molecular weight excluding hydrogens is 258 g/mol. The summed E-state index contributed by atoms with van der Waals surface area (Å²) in [5.41, 5.74) is -2.15. The number of hydrogen-bond donors (Lipinski definition) is 0. The number of halogens is 1. The van der Waals surface area contributed by atoms with Crippen LogP contribution in [0, 0.1) is 0 Å². The zero-order valence-corrected chi connectivity index (χ0v) is 11.4. The number of amides is 1. The van der Waals surface area contributed by atoms with Crippen molar-refractivity contribution in [2.45, 2.75) is 57.2 Å². The van der Waals surface area contributed by atoms with Crippen LogP contribution in [0.4, 0.5) is 4.79 Å². The zero-order chi connectivity index (χ0) is 13.7. The van der Waals surface area contributed by atoms with E-state index < -0.39 is 22.5 Å². The summed E-state index contributed by atoms with van der Waals surface area (Å²) >= 11 is 5.56. The summed E-state index contributed by atoms with van der Waals surface area (Å²) in [6.07, 6.45) is 0.476. The number of nitrogens with zero attached hydrogens (tertiary/aromatic N) is 1. The van der Waals surface area contributed by atoms with E-state index in [4.69, 9.17) is 16.3 Å². The van der Waals surface area contributed by atoms with Gasteiger partial charge in [-0.15, -0.1) is 0 Å². The van der Waals surface area contributed by atoms with E-state index in [1.807, 2.05) is 0 Å². The standard InChI is InChI=1S/C12H16ClNO4/c1-11(2,3)18-10(17)14-7-4-5-12(14,9(13)16)8(15)6-7/h7H,4-6H2,1-3H3/t7-,12+/m0/s1. The Hall–Kier alpha value is -1.10. The molecule has 2 aliphatic heterocycles. The molecular formula is C12H16ClNO4. The Morgan fingerprint density at radius 2 is 2.06 bits per heavy atom. The Balaban J connectivity index is 2.31. The highest BCUT2D eigenvalue weighted by Crippen LogP contribution is 2.46. The lowest BCUT2D eigenvalue weighted by atomic mass is 9.87. The molecule has 2 atom stereocenters. The topological polar surface area (TPSA) is 63.7 Å². The average molecular weight is 274 g/mol. The van der Waals surface area contributed by atoms with E-state index in [2.05, 4.69) is 0 Å². The Morgan fingerprint density at radius 1 is 1.44 bits per heavy atom. The Labute approximate surface area is 110 Å². The average Bonchev–Trinajstić information content (AvgIpc) is 2.67. The molecule has 2 bridgehead atoms. The summed E-state index contributed by atoms with van der Waals surface area (Å²) in [6.45, 7) is 5.21. The fourth-order valence-electron chi connectivity index (χ4n) is 2.71. The summed E-state index contributed by atoms with van der Waals surface area (Å²) in [5.74, 6) is -0.274.